The maximum absolute atomic E-state index is 6.39. The average molecular weight is 433 g/mol. The van der Waals surface area contributed by atoms with Crippen LogP contribution in [0.5, 0.6) is 5.75 Å². The molecule has 0 aliphatic heterocycles. The van der Waals surface area contributed by atoms with Crippen molar-refractivity contribution in [1.29, 1.82) is 0 Å². The lowest BCUT2D eigenvalue weighted by Crippen LogP contribution is -2.17. The lowest BCUT2D eigenvalue weighted by atomic mass is 10.1. The molecule has 0 fully saturated rings. The molecule has 1 heterocycles. The van der Waals surface area contributed by atoms with E-state index in [0.717, 1.165) is 46.9 Å². The third kappa shape index (κ3) is 5.62. The Morgan fingerprint density at radius 3 is 2.56 bits per heavy atom. The van der Waals surface area contributed by atoms with Gasteiger partial charge in [0.1, 0.15) is 11.9 Å². The molecule has 32 heavy (non-hydrogen) atoms. The first-order chi connectivity index (χ1) is 15.4. The van der Waals surface area contributed by atoms with E-state index < -0.39 is 0 Å². The van der Waals surface area contributed by atoms with E-state index >= 15 is 0 Å². The molecule has 2 aromatic carbocycles. The highest BCUT2D eigenvalue weighted by atomic mass is 16.5. The maximum atomic E-state index is 6.39. The van der Waals surface area contributed by atoms with E-state index in [-0.39, 0.29) is 6.10 Å². The van der Waals surface area contributed by atoms with Crippen molar-refractivity contribution in [3.05, 3.63) is 71.4 Å². The first kappa shape index (κ1) is 23.2. The summed E-state index contributed by atoms with van der Waals surface area (Å²) in [5.74, 6) is 1.41. The quantitative estimate of drug-likeness (QED) is 0.490. The lowest BCUT2D eigenvalue weighted by Gasteiger charge is -2.20. The highest BCUT2D eigenvalue weighted by Crippen LogP contribution is 2.29. The van der Waals surface area contributed by atoms with Crippen LogP contribution in [-0.2, 0) is 0 Å². The van der Waals surface area contributed by atoms with Crippen LogP contribution in [0.3, 0.4) is 0 Å². The van der Waals surface area contributed by atoms with Crippen LogP contribution in [0.1, 0.15) is 36.3 Å². The van der Waals surface area contributed by atoms with E-state index in [1.165, 1.54) is 0 Å². The fourth-order valence-corrected chi connectivity index (χ4v) is 3.60. The second kappa shape index (κ2) is 10.7. The van der Waals surface area contributed by atoms with Gasteiger partial charge in [0.25, 0.3) is 0 Å². The Morgan fingerprint density at radius 2 is 1.88 bits per heavy atom. The summed E-state index contributed by atoms with van der Waals surface area (Å²) in [5, 5.41) is 11.7. The number of benzene rings is 2. The molecule has 1 unspecified atom stereocenters. The Kier molecular flexibility index (Phi) is 7.78. The smallest absolute Gasteiger partial charge is 0.174 e. The molecule has 3 N–H and O–H groups in total. The molecule has 0 amide bonds. The number of aliphatic imine (C=N–C) groups is 1. The number of ether oxygens (including phenoxy) is 1. The Hall–Kier alpha value is -3.45. The van der Waals surface area contributed by atoms with Crippen LogP contribution in [0.2, 0.25) is 0 Å². The SMILES string of the molecule is CNCCC(Oc1cccc(N=C(C)c2c(C)nnc(N(C)C)c2N)c1)c1ccccc1. The molecule has 0 spiro atoms. The van der Waals surface area contributed by atoms with Gasteiger partial charge < -0.3 is 20.7 Å². The number of hydrogen-bond donors (Lipinski definition) is 2. The van der Waals surface area contributed by atoms with Crippen LogP contribution in [0.4, 0.5) is 17.2 Å². The summed E-state index contributed by atoms with van der Waals surface area (Å²) in [6.45, 7) is 4.69. The summed E-state index contributed by atoms with van der Waals surface area (Å²) >= 11 is 0. The van der Waals surface area contributed by atoms with Crippen molar-refractivity contribution in [3.63, 3.8) is 0 Å². The van der Waals surface area contributed by atoms with Gasteiger partial charge >= 0.3 is 0 Å². The van der Waals surface area contributed by atoms with Crippen LogP contribution >= 0.6 is 0 Å². The predicted octanol–water partition coefficient (Wildman–Crippen LogP) is 4.30. The average Bonchev–Trinajstić information content (AvgIpc) is 2.77. The van der Waals surface area contributed by atoms with E-state index in [4.69, 9.17) is 15.5 Å². The Bertz CT molecular complexity index is 1070. The van der Waals surface area contributed by atoms with Crippen molar-refractivity contribution >= 4 is 22.9 Å². The minimum Gasteiger partial charge on any atom is -0.486 e. The summed E-state index contributed by atoms with van der Waals surface area (Å²) < 4.78 is 6.37. The summed E-state index contributed by atoms with van der Waals surface area (Å²) in [6.07, 6.45) is 0.813. The van der Waals surface area contributed by atoms with Gasteiger partial charge in [0.2, 0.25) is 0 Å². The number of nitrogens with two attached hydrogens (primary N) is 1. The number of rotatable bonds is 9. The molecule has 168 valence electrons. The second-order valence-electron chi connectivity index (χ2n) is 7.90. The van der Waals surface area contributed by atoms with Crippen molar-refractivity contribution in [3.8, 4) is 5.75 Å². The summed E-state index contributed by atoms with van der Waals surface area (Å²) in [7, 11) is 5.73. The first-order valence-electron chi connectivity index (χ1n) is 10.7. The van der Waals surface area contributed by atoms with Gasteiger partial charge in [-0.05, 0) is 45.1 Å². The van der Waals surface area contributed by atoms with E-state index in [1.807, 2.05) is 82.4 Å². The van der Waals surface area contributed by atoms with Crippen molar-refractivity contribution in [1.82, 2.24) is 15.5 Å². The van der Waals surface area contributed by atoms with Gasteiger partial charge in [0.15, 0.2) is 5.82 Å². The minimum absolute atomic E-state index is 0.0473. The Morgan fingerprint density at radius 1 is 1.12 bits per heavy atom. The zero-order valence-corrected chi connectivity index (χ0v) is 19.5. The van der Waals surface area contributed by atoms with Crippen LogP contribution in [0.15, 0.2) is 59.6 Å². The first-order valence-corrected chi connectivity index (χ1v) is 10.7. The number of aryl methyl sites for hydroxylation is 1. The maximum Gasteiger partial charge on any atom is 0.174 e. The standard InChI is InChI=1S/C25H32N6O/c1-17(23-18(2)29-30-25(24(23)26)31(4)5)28-20-12-9-13-21(16-20)32-22(14-15-27-3)19-10-7-6-8-11-19/h6-13,16,22,27H,14-15H2,1-5H3,(H2,26,29). The third-order valence-electron chi connectivity index (χ3n) is 5.17. The van der Waals surface area contributed by atoms with E-state index in [1.54, 1.807) is 0 Å². The molecule has 0 aliphatic rings. The fourth-order valence-electron chi connectivity index (χ4n) is 3.60. The van der Waals surface area contributed by atoms with E-state index in [0.29, 0.717) is 11.5 Å². The van der Waals surface area contributed by atoms with E-state index in [2.05, 4.69) is 27.6 Å². The summed E-state index contributed by atoms with van der Waals surface area (Å²) in [6, 6.07) is 18.1. The van der Waals surface area contributed by atoms with Gasteiger partial charge in [0, 0.05) is 37.9 Å². The predicted molar refractivity (Wildman–Crippen MR) is 132 cm³/mol. The molecule has 3 rings (SSSR count). The Labute approximate surface area is 190 Å². The van der Waals surface area contributed by atoms with Crippen molar-refractivity contribution in [2.24, 2.45) is 4.99 Å². The number of aromatic nitrogens is 2. The molecule has 0 bridgehead atoms. The number of nitrogen functional groups attached to an aromatic ring is 1. The number of nitrogens with one attached hydrogen (secondary N) is 1. The zero-order valence-electron chi connectivity index (χ0n) is 19.5. The second-order valence-corrected chi connectivity index (χ2v) is 7.90. The molecule has 7 nitrogen and oxygen atoms in total. The molecule has 0 aliphatic carbocycles. The Balaban J connectivity index is 1.89. The monoisotopic (exact) mass is 432 g/mol. The topological polar surface area (TPSA) is 88.7 Å². The number of anilines is 2. The van der Waals surface area contributed by atoms with Crippen molar-refractivity contribution in [2.45, 2.75) is 26.4 Å². The summed E-state index contributed by atoms with van der Waals surface area (Å²) in [4.78, 5) is 6.66. The molecule has 0 saturated carbocycles. The van der Waals surface area contributed by atoms with Crippen LogP contribution in [0, 0.1) is 6.92 Å². The lowest BCUT2D eigenvalue weighted by molar-refractivity contribution is 0.195. The normalized spacial score (nSPS) is 12.5. The highest BCUT2D eigenvalue weighted by Gasteiger charge is 2.16. The van der Waals surface area contributed by atoms with Crippen LogP contribution in [-0.4, -0.2) is 43.6 Å². The van der Waals surface area contributed by atoms with Gasteiger partial charge in [-0.2, -0.15) is 5.10 Å². The molecule has 3 aromatic rings. The molecule has 7 heteroatoms. The summed E-state index contributed by atoms with van der Waals surface area (Å²) in [5.41, 5.74) is 11.3. The largest absolute Gasteiger partial charge is 0.486 e. The van der Waals surface area contributed by atoms with Crippen LogP contribution < -0.4 is 20.7 Å². The van der Waals surface area contributed by atoms with Gasteiger partial charge in [-0.3, -0.25) is 4.99 Å². The molecular weight excluding hydrogens is 400 g/mol. The molecule has 0 saturated heterocycles. The molecule has 0 radical (unpaired) electrons. The van der Waals surface area contributed by atoms with Crippen LogP contribution in [0.25, 0.3) is 0 Å². The molecule has 1 atom stereocenters. The zero-order chi connectivity index (χ0) is 23.1. The van der Waals surface area contributed by atoms with Gasteiger partial charge in [0.05, 0.1) is 17.1 Å². The number of nitrogens with zero attached hydrogens (tertiary/aromatic N) is 4. The third-order valence-corrected chi connectivity index (χ3v) is 5.17. The van der Waals surface area contributed by atoms with Crippen molar-refractivity contribution in [2.75, 3.05) is 38.3 Å². The van der Waals surface area contributed by atoms with E-state index in [9.17, 15) is 0 Å². The van der Waals surface area contributed by atoms with Crippen molar-refractivity contribution < 1.29 is 4.74 Å². The highest BCUT2D eigenvalue weighted by molar-refractivity contribution is 6.06. The molecular formula is C25H32N6O. The molecule has 1 aromatic heterocycles. The fraction of sp³-hybridized carbons (Fsp3) is 0.320. The minimum atomic E-state index is -0.0473. The number of hydrogen-bond acceptors (Lipinski definition) is 7. The van der Waals surface area contributed by atoms with Gasteiger partial charge in [-0.1, -0.05) is 36.4 Å². The van der Waals surface area contributed by atoms with Gasteiger partial charge in [-0.15, -0.1) is 5.10 Å². The van der Waals surface area contributed by atoms with Gasteiger partial charge in [-0.25, -0.2) is 0 Å².